The minimum Gasteiger partial charge on any atom is -0.256 e. The van der Waals surface area contributed by atoms with Crippen molar-refractivity contribution in [1.82, 2.24) is 4.98 Å². The number of aromatic nitrogens is 1. The van der Waals surface area contributed by atoms with Gasteiger partial charge < -0.3 is 0 Å². The van der Waals surface area contributed by atoms with E-state index in [0.717, 1.165) is 5.56 Å². The van der Waals surface area contributed by atoms with Crippen LogP contribution < -0.4 is 0 Å². The first-order valence-electron chi connectivity index (χ1n) is 4.06. The van der Waals surface area contributed by atoms with Crippen molar-refractivity contribution in [2.45, 2.75) is 19.5 Å². The number of allylic oxidation sites excluding steroid dienone is 1. The van der Waals surface area contributed by atoms with E-state index in [1.807, 2.05) is 6.92 Å². The van der Waals surface area contributed by atoms with Gasteiger partial charge in [0.2, 0.25) is 0 Å². The van der Waals surface area contributed by atoms with E-state index in [4.69, 9.17) is 0 Å². The summed E-state index contributed by atoms with van der Waals surface area (Å²) in [6.45, 7) is 5.18. The molecule has 0 aliphatic heterocycles. The summed E-state index contributed by atoms with van der Waals surface area (Å²) in [5, 5.41) is 0. The van der Waals surface area contributed by atoms with E-state index in [9.17, 15) is 13.2 Å². The standard InChI is InChI=1S/C10H10F3N/c1-7-3-4-9(14-6-7)8(2)5-10(11,12)13/h3-4,6H,2,5H2,1H3. The van der Waals surface area contributed by atoms with Crippen molar-refractivity contribution < 1.29 is 13.2 Å². The lowest BCUT2D eigenvalue weighted by molar-refractivity contribution is -0.123. The molecule has 4 heteroatoms. The van der Waals surface area contributed by atoms with Crippen LogP contribution in [-0.2, 0) is 0 Å². The van der Waals surface area contributed by atoms with Crippen LogP contribution >= 0.6 is 0 Å². The number of hydrogen-bond acceptors (Lipinski definition) is 1. The van der Waals surface area contributed by atoms with Crippen molar-refractivity contribution >= 4 is 5.57 Å². The molecule has 0 spiro atoms. The van der Waals surface area contributed by atoms with Gasteiger partial charge in [0.1, 0.15) is 0 Å². The zero-order valence-electron chi connectivity index (χ0n) is 7.73. The number of nitrogens with zero attached hydrogens (tertiary/aromatic N) is 1. The maximum absolute atomic E-state index is 12.0. The van der Waals surface area contributed by atoms with Gasteiger partial charge in [-0.15, -0.1) is 0 Å². The largest absolute Gasteiger partial charge is 0.393 e. The summed E-state index contributed by atoms with van der Waals surface area (Å²) in [6, 6.07) is 3.26. The second-order valence-corrected chi connectivity index (χ2v) is 3.12. The summed E-state index contributed by atoms with van der Waals surface area (Å²) in [5.41, 5.74) is 1.21. The van der Waals surface area contributed by atoms with Gasteiger partial charge in [0, 0.05) is 6.20 Å². The first-order chi connectivity index (χ1) is 6.38. The van der Waals surface area contributed by atoms with Crippen LogP contribution in [0.3, 0.4) is 0 Å². The van der Waals surface area contributed by atoms with Crippen LogP contribution in [0.4, 0.5) is 13.2 Å². The molecule has 0 aliphatic carbocycles. The van der Waals surface area contributed by atoms with Crippen LogP contribution in [0, 0.1) is 6.92 Å². The quantitative estimate of drug-likeness (QED) is 0.715. The number of hydrogen-bond donors (Lipinski definition) is 0. The number of aryl methyl sites for hydroxylation is 1. The Hall–Kier alpha value is -1.32. The fourth-order valence-corrected chi connectivity index (χ4v) is 1.01. The summed E-state index contributed by atoms with van der Waals surface area (Å²) in [6.07, 6.45) is -3.70. The molecule has 0 aromatic carbocycles. The van der Waals surface area contributed by atoms with Crippen molar-refractivity contribution in [2.75, 3.05) is 0 Å². The first kappa shape index (κ1) is 10.8. The molecule has 0 atom stereocenters. The van der Waals surface area contributed by atoms with Crippen molar-refractivity contribution in [3.63, 3.8) is 0 Å². The van der Waals surface area contributed by atoms with E-state index in [-0.39, 0.29) is 5.57 Å². The molecular formula is C10H10F3N. The Balaban J connectivity index is 2.76. The lowest BCUT2D eigenvalue weighted by Crippen LogP contribution is -2.08. The lowest BCUT2D eigenvalue weighted by atomic mass is 10.1. The minimum atomic E-state index is -4.22. The molecular weight excluding hydrogens is 191 g/mol. The molecule has 1 aromatic rings. The van der Waals surface area contributed by atoms with E-state index in [1.165, 1.54) is 6.20 Å². The fraction of sp³-hybridized carbons (Fsp3) is 0.300. The summed E-state index contributed by atoms with van der Waals surface area (Å²) in [5.74, 6) is 0. The molecule has 1 rings (SSSR count). The molecule has 1 heterocycles. The van der Waals surface area contributed by atoms with E-state index in [2.05, 4.69) is 11.6 Å². The van der Waals surface area contributed by atoms with Crippen LogP contribution in [0.1, 0.15) is 17.7 Å². The highest BCUT2D eigenvalue weighted by atomic mass is 19.4. The highest BCUT2D eigenvalue weighted by molar-refractivity contribution is 5.60. The molecule has 0 amide bonds. The Bertz CT molecular complexity index is 324. The van der Waals surface area contributed by atoms with Gasteiger partial charge in [0.05, 0.1) is 12.1 Å². The summed E-state index contributed by atoms with van der Waals surface area (Å²) in [4.78, 5) is 3.86. The third-order valence-electron chi connectivity index (χ3n) is 1.69. The maximum atomic E-state index is 12.0. The van der Waals surface area contributed by atoms with E-state index in [0.29, 0.717) is 5.69 Å². The molecule has 0 saturated carbocycles. The van der Waals surface area contributed by atoms with Gasteiger partial charge in [-0.25, -0.2) is 0 Å². The second-order valence-electron chi connectivity index (χ2n) is 3.12. The van der Waals surface area contributed by atoms with Crippen molar-refractivity contribution in [3.8, 4) is 0 Å². The van der Waals surface area contributed by atoms with Crippen LogP contribution in [0.25, 0.3) is 5.57 Å². The fourth-order valence-electron chi connectivity index (χ4n) is 1.01. The Morgan fingerprint density at radius 3 is 2.50 bits per heavy atom. The van der Waals surface area contributed by atoms with Crippen LogP contribution in [0.15, 0.2) is 24.9 Å². The first-order valence-corrected chi connectivity index (χ1v) is 4.06. The zero-order valence-corrected chi connectivity index (χ0v) is 7.73. The van der Waals surface area contributed by atoms with Gasteiger partial charge in [0.25, 0.3) is 0 Å². The Labute approximate surface area is 80.3 Å². The van der Waals surface area contributed by atoms with Crippen molar-refractivity contribution in [2.24, 2.45) is 0 Å². The van der Waals surface area contributed by atoms with Crippen molar-refractivity contribution in [1.29, 1.82) is 0 Å². The number of pyridine rings is 1. The lowest BCUT2D eigenvalue weighted by Gasteiger charge is -2.08. The Morgan fingerprint density at radius 1 is 1.43 bits per heavy atom. The average Bonchev–Trinajstić information content (AvgIpc) is 2.02. The maximum Gasteiger partial charge on any atom is 0.393 e. The SMILES string of the molecule is C=C(CC(F)(F)F)c1ccc(C)cn1. The number of rotatable bonds is 2. The average molecular weight is 201 g/mol. The van der Waals surface area contributed by atoms with Crippen molar-refractivity contribution in [3.05, 3.63) is 36.2 Å². The van der Waals surface area contributed by atoms with E-state index >= 15 is 0 Å². The summed E-state index contributed by atoms with van der Waals surface area (Å²) < 4.78 is 35.9. The van der Waals surface area contributed by atoms with Gasteiger partial charge in [0.15, 0.2) is 0 Å². The third kappa shape index (κ3) is 3.20. The Kier molecular flexibility index (Phi) is 2.93. The zero-order chi connectivity index (χ0) is 10.8. The van der Waals surface area contributed by atoms with Gasteiger partial charge in [-0.05, 0) is 24.1 Å². The van der Waals surface area contributed by atoms with Crippen LogP contribution in [-0.4, -0.2) is 11.2 Å². The van der Waals surface area contributed by atoms with Crippen LogP contribution in [0.2, 0.25) is 0 Å². The predicted molar refractivity (Wildman–Crippen MR) is 48.7 cm³/mol. The van der Waals surface area contributed by atoms with E-state index < -0.39 is 12.6 Å². The molecule has 0 saturated heterocycles. The molecule has 1 nitrogen and oxygen atoms in total. The highest BCUT2D eigenvalue weighted by Gasteiger charge is 2.28. The predicted octanol–water partition coefficient (Wildman–Crippen LogP) is 3.36. The molecule has 0 aliphatic rings. The molecule has 14 heavy (non-hydrogen) atoms. The third-order valence-corrected chi connectivity index (χ3v) is 1.69. The topological polar surface area (TPSA) is 12.9 Å². The van der Waals surface area contributed by atoms with Gasteiger partial charge >= 0.3 is 6.18 Å². The van der Waals surface area contributed by atoms with Crippen LogP contribution in [0.5, 0.6) is 0 Å². The molecule has 1 aromatic heterocycles. The molecule has 0 unspecified atom stereocenters. The molecule has 0 bridgehead atoms. The normalized spacial score (nSPS) is 11.4. The molecule has 76 valence electrons. The van der Waals surface area contributed by atoms with Gasteiger partial charge in [-0.3, -0.25) is 4.98 Å². The number of alkyl halides is 3. The minimum absolute atomic E-state index is 0.00231. The Morgan fingerprint density at radius 2 is 2.07 bits per heavy atom. The van der Waals surface area contributed by atoms with Gasteiger partial charge in [-0.2, -0.15) is 13.2 Å². The molecule has 0 fully saturated rings. The molecule has 0 radical (unpaired) electrons. The highest BCUT2D eigenvalue weighted by Crippen LogP contribution is 2.28. The number of halogens is 3. The second kappa shape index (κ2) is 3.82. The monoisotopic (exact) mass is 201 g/mol. The summed E-state index contributed by atoms with van der Waals surface area (Å²) in [7, 11) is 0. The molecule has 0 N–H and O–H groups in total. The van der Waals surface area contributed by atoms with E-state index in [1.54, 1.807) is 12.1 Å². The van der Waals surface area contributed by atoms with Gasteiger partial charge in [-0.1, -0.05) is 12.6 Å². The summed E-state index contributed by atoms with van der Waals surface area (Å²) >= 11 is 0. The smallest absolute Gasteiger partial charge is 0.256 e.